The third-order valence-electron chi connectivity index (χ3n) is 3.47. The zero-order chi connectivity index (χ0) is 14.3. The molecule has 3 rings (SSSR count). The summed E-state index contributed by atoms with van der Waals surface area (Å²) < 4.78 is 33.5. The standard InChI is InChI=1S/C12H16N4O3S/c1-9-6-12(19-14-9)11-4-3-5-16(11)20(17,18)10-7-13-15(2)8-10/h6-8,11H,3-5H2,1-2H3/t11-/m1/s1. The van der Waals surface area contributed by atoms with Gasteiger partial charge in [-0.05, 0) is 19.8 Å². The minimum Gasteiger partial charge on any atom is -0.359 e. The summed E-state index contributed by atoms with van der Waals surface area (Å²) in [5.41, 5.74) is 0.755. The molecule has 0 aliphatic carbocycles. The Morgan fingerprint density at radius 3 is 2.85 bits per heavy atom. The van der Waals surface area contributed by atoms with Crippen LogP contribution in [0.25, 0.3) is 0 Å². The fraction of sp³-hybridized carbons (Fsp3) is 0.500. The highest BCUT2D eigenvalue weighted by molar-refractivity contribution is 7.89. The minimum absolute atomic E-state index is 0.211. The van der Waals surface area contributed by atoms with Gasteiger partial charge >= 0.3 is 0 Å². The van der Waals surface area contributed by atoms with E-state index in [1.807, 2.05) is 6.92 Å². The van der Waals surface area contributed by atoms with Crippen LogP contribution in [0, 0.1) is 6.92 Å². The van der Waals surface area contributed by atoms with Crippen molar-refractivity contribution in [3.8, 4) is 0 Å². The van der Waals surface area contributed by atoms with Crippen LogP contribution in [0.5, 0.6) is 0 Å². The molecule has 0 aromatic carbocycles. The normalized spacial score (nSPS) is 20.6. The Balaban J connectivity index is 1.96. The Labute approximate surface area is 117 Å². The summed E-state index contributed by atoms with van der Waals surface area (Å²) in [7, 11) is -1.85. The molecule has 1 fully saturated rings. The molecule has 108 valence electrons. The fourth-order valence-electron chi connectivity index (χ4n) is 2.52. The quantitative estimate of drug-likeness (QED) is 0.851. The summed E-state index contributed by atoms with van der Waals surface area (Å²) in [5, 5.41) is 7.77. The van der Waals surface area contributed by atoms with Crippen LogP contribution in [0.1, 0.15) is 30.3 Å². The highest BCUT2D eigenvalue weighted by Gasteiger charge is 2.38. The largest absolute Gasteiger partial charge is 0.359 e. The van der Waals surface area contributed by atoms with Crippen LogP contribution in [-0.2, 0) is 17.1 Å². The number of aryl methyl sites for hydroxylation is 2. The molecule has 1 aliphatic rings. The molecule has 0 bridgehead atoms. The molecule has 0 amide bonds. The minimum atomic E-state index is -3.54. The molecular formula is C12H16N4O3S. The van der Waals surface area contributed by atoms with Crippen molar-refractivity contribution in [2.45, 2.75) is 30.7 Å². The number of hydrogen-bond donors (Lipinski definition) is 0. The van der Waals surface area contributed by atoms with Crippen molar-refractivity contribution in [1.82, 2.24) is 19.2 Å². The van der Waals surface area contributed by atoms with Crippen molar-refractivity contribution in [2.24, 2.45) is 7.05 Å². The summed E-state index contributed by atoms with van der Waals surface area (Å²) in [6, 6.07) is 1.52. The molecule has 1 atom stereocenters. The van der Waals surface area contributed by atoms with E-state index in [0.29, 0.717) is 12.3 Å². The lowest BCUT2D eigenvalue weighted by molar-refractivity contribution is 0.297. The van der Waals surface area contributed by atoms with Gasteiger partial charge in [-0.25, -0.2) is 8.42 Å². The highest BCUT2D eigenvalue weighted by Crippen LogP contribution is 2.36. The van der Waals surface area contributed by atoms with E-state index in [1.54, 1.807) is 13.1 Å². The lowest BCUT2D eigenvalue weighted by atomic mass is 10.2. The Morgan fingerprint density at radius 2 is 2.25 bits per heavy atom. The summed E-state index contributed by atoms with van der Waals surface area (Å²) >= 11 is 0. The van der Waals surface area contributed by atoms with Gasteiger partial charge < -0.3 is 4.52 Å². The smallest absolute Gasteiger partial charge is 0.246 e. The molecule has 0 spiro atoms. The number of aromatic nitrogens is 3. The average Bonchev–Trinajstić information content (AvgIpc) is 3.07. The first-order valence-electron chi connectivity index (χ1n) is 6.42. The molecule has 8 heteroatoms. The van der Waals surface area contributed by atoms with Gasteiger partial charge in [0.15, 0.2) is 5.76 Å². The van der Waals surface area contributed by atoms with Gasteiger partial charge in [-0.3, -0.25) is 4.68 Å². The van der Waals surface area contributed by atoms with Crippen molar-refractivity contribution in [2.75, 3.05) is 6.54 Å². The Bertz CT molecular complexity index is 719. The topological polar surface area (TPSA) is 81.2 Å². The van der Waals surface area contributed by atoms with Gasteiger partial charge in [0.25, 0.3) is 0 Å². The maximum Gasteiger partial charge on any atom is 0.246 e. The second-order valence-corrected chi connectivity index (χ2v) is 6.88. The lowest BCUT2D eigenvalue weighted by Gasteiger charge is -2.21. The van der Waals surface area contributed by atoms with Crippen molar-refractivity contribution in [3.05, 3.63) is 29.9 Å². The van der Waals surface area contributed by atoms with Crippen LogP contribution < -0.4 is 0 Å². The molecule has 2 aromatic heterocycles. The molecule has 7 nitrogen and oxygen atoms in total. The van der Waals surface area contributed by atoms with E-state index in [1.165, 1.54) is 21.4 Å². The monoisotopic (exact) mass is 296 g/mol. The van der Waals surface area contributed by atoms with Gasteiger partial charge in [-0.15, -0.1) is 0 Å². The van der Waals surface area contributed by atoms with E-state index in [-0.39, 0.29) is 10.9 Å². The van der Waals surface area contributed by atoms with Crippen molar-refractivity contribution >= 4 is 10.0 Å². The summed E-state index contributed by atoms with van der Waals surface area (Å²) in [6.07, 6.45) is 4.44. The molecule has 20 heavy (non-hydrogen) atoms. The molecule has 3 heterocycles. The van der Waals surface area contributed by atoms with Crippen molar-refractivity contribution in [3.63, 3.8) is 0 Å². The van der Waals surface area contributed by atoms with Crippen LogP contribution in [0.4, 0.5) is 0 Å². The van der Waals surface area contributed by atoms with Crippen LogP contribution in [0.15, 0.2) is 27.9 Å². The van der Waals surface area contributed by atoms with E-state index in [4.69, 9.17) is 4.52 Å². The maximum atomic E-state index is 12.6. The van der Waals surface area contributed by atoms with Crippen molar-refractivity contribution < 1.29 is 12.9 Å². The first-order valence-corrected chi connectivity index (χ1v) is 7.86. The van der Waals surface area contributed by atoms with E-state index >= 15 is 0 Å². The van der Waals surface area contributed by atoms with Gasteiger partial charge in [-0.2, -0.15) is 9.40 Å². The van der Waals surface area contributed by atoms with Gasteiger partial charge in [0, 0.05) is 25.9 Å². The van der Waals surface area contributed by atoms with Gasteiger partial charge in [0.1, 0.15) is 4.90 Å². The zero-order valence-electron chi connectivity index (χ0n) is 11.4. The van der Waals surface area contributed by atoms with Crippen LogP contribution in [0.3, 0.4) is 0 Å². The van der Waals surface area contributed by atoms with Gasteiger partial charge in [0.05, 0.1) is 17.9 Å². The van der Waals surface area contributed by atoms with E-state index in [2.05, 4.69) is 10.3 Å². The molecule has 0 radical (unpaired) electrons. The Kier molecular flexibility index (Phi) is 3.14. The second-order valence-electron chi connectivity index (χ2n) is 4.99. The van der Waals surface area contributed by atoms with Gasteiger partial charge in [0.2, 0.25) is 10.0 Å². The first-order chi connectivity index (χ1) is 9.48. The van der Waals surface area contributed by atoms with Crippen LogP contribution in [-0.4, -0.2) is 34.2 Å². The predicted molar refractivity (Wildman–Crippen MR) is 70.3 cm³/mol. The SMILES string of the molecule is Cc1cc([C@H]2CCCN2S(=O)(=O)c2cnn(C)c2)on1. The lowest BCUT2D eigenvalue weighted by Crippen LogP contribution is -2.30. The Hall–Kier alpha value is -1.67. The van der Waals surface area contributed by atoms with E-state index in [0.717, 1.165) is 18.5 Å². The summed E-state index contributed by atoms with van der Waals surface area (Å²) in [6.45, 7) is 2.31. The molecule has 0 N–H and O–H groups in total. The highest BCUT2D eigenvalue weighted by atomic mass is 32.2. The van der Waals surface area contributed by atoms with Crippen LogP contribution >= 0.6 is 0 Å². The molecule has 1 aliphatic heterocycles. The Morgan fingerprint density at radius 1 is 1.45 bits per heavy atom. The molecule has 0 unspecified atom stereocenters. The molecule has 1 saturated heterocycles. The summed E-state index contributed by atoms with van der Waals surface area (Å²) in [5.74, 6) is 0.604. The number of rotatable bonds is 3. The third kappa shape index (κ3) is 2.14. The molecule has 0 saturated carbocycles. The summed E-state index contributed by atoms with van der Waals surface area (Å²) in [4.78, 5) is 0.211. The molecule has 2 aromatic rings. The fourth-order valence-corrected chi connectivity index (χ4v) is 4.17. The van der Waals surface area contributed by atoms with Gasteiger partial charge in [-0.1, -0.05) is 5.16 Å². The van der Waals surface area contributed by atoms with E-state index in [9.17, 15) is 8.42 Å². The van der Waals surface area contributed by atoms with Crippen LogP contribution in [0.2, 0.25) is 0 Å². The zero-order valence-corrected chi connectivity index (χ0v) is 12.2. The second kappa shape index (κ2) is 4.71. The number of sulfonamides is 1. The average molecular weight is 296 g/mol. The molecular weight excluding hydrogens is 280 g/mol. The van der Waals surface area contributed by atoms with Crippen molar-refractivity contribution in [1.29, 1.82) is 0 Å². The number of hydrogen-bond acceptors (Lipinski definition) is 5. The van der Waals surface area contributed by atoms with E-state index < -0.39 is 10.0 Å². The first kappa shape index (κ1) is 13.3. The number of nitrogens with zero attached hydrogens (tertiary/aromatic N) is 4. The predicted octanol–water partition coefficient (Wildman–Crippen LogP) is 1.24. The third-order valence-corrected chi connectivity index (χ3v) is 5.33. The maximum absolute atomic E-state index is 12.6.